The summed E-state index contributed by atoms with van der Waals surface area (Å²) in [5.41, 5.74) is 6.91. The van der Waals surface area contributed by atoms with Crippen LogP contribution in [0.2, 0.25) is 0 Å². The summed E-state index contributed by atoms with van der Waals surface area (Å²) in [4.78, 5) is 11.7. The van der Waals surface area contributed by atoms with Crippen molar-refractivity contribution in [3.05, 3.63) is 41.7 Å². The normalized spacial score (nSPS) is 10.0. The van der Waals surface area contributed by atoms with Gasteiger partial charge in [0.1, 0.15) is 0 Å². The first-order valence-corrected chi connectivity index (χ1v) is 4.03. The average molecular weight is 188 g/mol. The van der Waals surface area contributed by atoms with E-state index in [-0.39, 0.29) is 11.5 Å². The molecule has 0 aliphatic carbocycles. The molecule has 0 atom stereocenters. The van der Waals surface area contributed by atoms with Gasteiger partial charge in [0.15, 0.2) is 5.69 Å². The summed E-state index contributed by atoms with van der Waals surface area (Å²) >= 11 is 0. The van der Waals surface area contributed by atoms with E-state index in [0.717, 1.165) is 0 Å². The van der Waals surface area contributed by atoms with E-state index in [9.17, 15) is 4.79 Å². The number of nitrogens with two attached hydrogens (primary N) is 1. The molecule has 0 bridgehead atoms. The third-order valence-corrected chi connectivity index (χ3v) is 1.80. The van der Waals surface area contributed by atoms with Crippen molar-refractivity contribution in [2.45, 2.75) is 0 Å². The van der Waals surface area contributed by atoms with Crippen molar-refractivity contribution in [2.24, 2.45) is 0 Å². The zero-order valence-electron chi connectivity index (χ0n) is 7.27. The predicted octanol–water partition coefficient (Wildman–Crippen LogP) is 0.618. The highest BCUT2D eigenvalue weighted by molar-refractivity contribution is 6.07. The lowest BCUT2D eigenvalue weighted by Crippen LogP contribution is -2.02. The van der Waals surface area contributed by atoms with Crippen LogP contribution in [0.4, 0.5) is 5.69 Å². The van der Waals surface area contributed by atoms with Crippen molar-refractivity contribution in [2.75, 3.05) is 5.73 Å². The number of rotatable bonds is 2. The van der Waals surface area contributed by atoms with Crippen LogP contribution < -0.4 is 5.73 Å². The number of carbonyl (C=O) groups is 1. The number of aromatic amines is 1. The van der Waals surface area contributed by atoms with E-state index in [1.165, 1.54) is 6.20 Å². The lowest BCUT2D eigenvalue weighted by molar-refractivity contribution is 0.103. The van der Waals surface area contributed by atoms with Gasteiger partial charge in [-0.05, 0) is 12.1 Å². The summed E-state index contributed by atoms with van der Waals surface area (Å²) in [6.45, 7) is 0. The second-order valence-corrected chi connectivity index (χ2v) is 2.81. The van der Waals surface area contributed by atoms with E-state index in [2.05, 4.69) is 15.4 Å². The highest BCUT2D eigenvalue weighted by Gasteiger charge is 2.11. The first-order valence-electron chi connectivity index (χ1n) is 4.03. The van der Waals surface area contributed by atoms with Gasteiger partial charge in [0.2, 0.25) is 5.78 Å². The van der Waals surface area contributed by atoms with E-state index >= 15 is 0 Å². The SMILES string of the molecule is Nc1cccc(C(=O)c2cn[nH]n2)c1. The number of carbonyl (C=O) groups excluding carboxylic acids is 1. The van der Waals surface area contributed by atoms with Crippen LogP contribution in [0.3, 0.4) is 0 Å². The minimum absolute atomic E-state index is 0.189. The minimum Gasteiger partial charge on any atom is -0.399 e. The molecule has 0 fully saturated rings. The number of ketones is 1. The van der Waals surface area contributed by atoms with Crippen molar-refractivity contribution in [3.8, 4) is 0 Å². The minimum atomic E-state index is -0.189. The molecule has 0 saturated heterocycles. The van der Waals surface area contributed by atoms with Gasteiger partial charge in [-0.3, -0.25) is 4.79 Å². The largest absolute Gasteiger partial charge is 0.399 e. The number of benzene rings is 1. The quantitative estimate of drug-likeness (QED) is 0.534. The number of nitrogens with one attached hydrogen (secondary N) is 1. The summed E-state index contributed by atoms with van der Waals surface area (Å²) in [7, 11) is 0. The van der Waals surface area contributed by atoms with Crippen LogP contribution in [-0.4, -0.2) is 21.2 Å². The Morgan fingerprint density at radius 3 is 2.93 bits per heavy atom. The Hall–Kier alpha value is -2.17. The fraction of sp³-hybridized carbons (Fsp3) is 0. The molecule has 5 nitrogen and oxygen atoms in total. The Balaban J connectivity index is 2.37. The first kappa shape index (κ1) is 8.43. The molecular formula is C9H8N4O. The monoisotopic (exact) mass is 188 g/mol. The molecule has 0 unspecified atom stereocenters. The maximum atomic E-state index is 11.7. The number of hydrogen-bond acceptors (Lipinski definition) is 4. The molecule has 0 aliphatic rings. The summed E-state index contributed by atoms with van der Waals surface area (Å²) in [5.74, 6) is -0.189. The van der Waals surface area contributed by atoms with Gasteiger partial charge in [-0.15, -0.1) is 0 Å². The van der Waals surface area contributed by atoms with Gasteiger partial charge in [0.05, 0.1) is 6.20 Å². The molecule has 1 aromatic heterocycles. The zero-order chi connectivity index (χ0) is 9.97. The van der Waals surface area contributed by atoms with Crippen LogP contribution in [-0.2, 0) is 0 Å². The van der Waals surface area contributed by atoms with Crippen molar-refractivity contribution >= 4 is 11.5 Å². The van der Waals surface area contributed by atoms with Crippen LogP contribution in [0.5, 0.6) is 0 Å². The Morgan fingerprint density at radius 1 is 1.43 bits per heavy atom. The Kier molecular flexibility index (Phi) is 1.98. The molecule has 5 heteroatoms. The third-order valence-electron chi connectivity index (χ3n) is 1.80. The average Bonchev–Trinajstić information content (AvgIpc) is 2.69. The standard InChI is InChI=1S/C9H8N4O/c10-7-3-1-2-6(4-7)9(14)8-5-11-13-12-8/h1-5H,10H2,(H,11,12,13). The molecule has 2 rings (SSSR count). The molecule has 0 saturated carbocycles. The number of nitrogens with zero attached hydrogens (tertiary/aromatic N) is 2. The van der Waals surface area contributed by atoms with Crippen molar-refractivity contribution in [1.82, 2.24) is 15.4 Å². The lowest BCUT2D eigenvalue weighted by Gasteiger charge is -1.97. The third kappa shape index (κ3) is 1.47. The maximum absolute atomic E-state index is 11.7. The molecule has 14 heavy (non-hydrogen) atoms. The predicted molar refractivity (Wildman–Crippen MR) is 50.7 cm³/mol. The molecule has 70 valence electrons. The Labute approximate surface area is 79.9 Å². The molecule has 2 aromatic rings. The molecular weight excluding hydrogens is 180 g/mol. The topological polar surface area (TPSA) is 84.7 Å². The fourth-order valence-corrected chi connectivity index (χ4v) is 1.14. The van der Waals surface area contributed by atoms with Crippen LogP contribution in [0.15, 0.2) is 30.5 Å². The summed E-state index contributed by atoms with van der Waals surface area (Å²) in [6.07, 6.45) is 1.38. The van der Waals surface area contributed by atoms with Gasteiger partial charge in [0.25, 0.3) is 0 Å². The number of nitrogen functional groups attached to an aromatic ring is 1. The van der Waals surface area contributed by atoms with E-state index < -0.39 is 0 Å². The van der Waals surface area contributed by atoms with Gasteiger partial charge in [-0.25, -0.2) is 0 Å². The van der Waals surface area contributed by atoms with Crippen LogP contribution >= 0.6 is 0 Å². The molecule has 0 amide bonds. The second-order valence-electron chi connectivity index (χ2n) is 2.81. The number of hydrogen-bond donors (Lipinski definition) is 2. The van der Waals surface area contributed by atoms with Gasteiger partial charge < -0.3 is 5.73 Å². The number of aromatic nitrogens is 3. The highest BCUT2D eigenvalue weighted by atomic mass is 16.1. The number of anilines is 1. The Bertz CT molecular complexity index is 450. The Morgan fingerprint density at radius 2 is 2.29 bits per heavy atom. The van der Waals surface area contributed by atoms with E-state index in [0.29, 0.717) is 11.3 Å². The highest BCUT2D eigenvalue weighted by Crippen LogP contribution is 2.10. The van der Waals surface area contributed by atoms with E-state index in [1.54, 1.807) is 24.3 Å². The first-order chi connectivity index (χ1) is 6.77. The van der Waals surface area contributed by atoms with Crippen molar-refractivity contribution < 1.29 is 4.79 Å². The molecule has 1 heterocycles. The lowest BCUT2D eigenvalue weighted by atomic mass is 10.1. The van der Waals surface area contributed by atoms with Gasteiger partial charge in [-0.1, -0.05) is 12.1 Å². The summed E-state index contributed by atoms with van der Waals surface area (Å²) < 4.78 is 0. The number of H-pyrrole nitrogens is 1. The van der Waals surface area contributed by atoms with Gasteiger partial charge in [0, 0.05) is 11.3 Å². The molecule has 3 N–H and O–H groups in total. The van der Waals surface area contributed by atoms with Gasteiger partial charge >= 0.3 is 0 Å². The summed E-state index contributed by atoms with van der Waals surface area (Å²) in [6, 6.07) is 6.74. The smallest absolute Gasteiger partial charge is 0.214 e. The van der Waals surface area contributed by atoms with Gasteiger partial charge in [-0.2, -0.15) is 15.4 Å². The van der Waals surface area contributed by atoms with E-state index in [1.807, 2.05) is 0 Å². The molecule has 0 radical (unpaired) electrons. The van der Waals surface area contributed by atoms with Crippen LogP contribution in [0.1, 0.15) is 16.1 Å². The van der Waals surface area contributed by atoms with Crippen molar-refractivity contribution in [3.63, 3.8) is 0 Å². The van der Waals surface area contributed by atoms with Crippen LogP contribution in [0.25, 0.3) is 0 Å². The second kappa shape index (κ2) is 3.29. The molecule has 0 aliphatic heterocycles. The molecule has 1 aromatic carbocycles. The van der Waals surface area contributed by atoms with Crippen molar-refractivity contribution in [1.29, 1.82) is 0 Å². The maximum Gasteiger partial charge on any atom is 0.214 e. The molecule has 0 spiro atoms. The zero-order valence-corrected chi connectivity index (χ0v) is 7.27. The summed E-state index contributed by atoms with van der Waals surface area (Å²) in [5, 5.41) is 9.64. The van der Waals surface area contributed by atoms with Crippen LogP contribution in [0, 0.1) is 0 Å². The fourth-order valence-electron chi connectivity index (χ4n) is 1.14. The van der Waals surface area contributed by atoms with E-state index in [4.69, 9.17) is 5.73 Å².